The molecule has 1 aliphatic rings. The monoisotopic (exact) mass is 448 g/mol. The van der Waals surface area contributed by atoms with Gasteiger partial charge in [-0.2, -0.15) is 0 Å². The van der Waals surface area contributed by atoms with Gasteiger partial charge in [-0.3, -0.25) is 0 Å². The molecule has 2 aromatic rings. The van der Waals surface area contributed by atoms with Gasteiger partial charge in [0.15, 0.2) is 6.10 Å². The Hall–Kier alpha value is -2.73. The van der Waals surface area contributed by atoms with E-state index in [0.717, 1.165) is 11.1 Å². The molecular weight excluding hydrogens is 420 g/mol. The Morgan fingerprint density at radius 2 is 1.81 bits per heavy atom. The van der Waals surface area contributed by atoms with Gasteiger partial charge in [0, 0.05) is 6.54 Å². The first-order chi connectivity index (χ1) is 15.3. The number of hydrogen-bond acceptors (Lipinski definition) is 9. The van der Waals surface area contributed by atoms with Gasteiger partial charge < -0.3 is 46.1 Å². The summed E-state index contributed by atoms with van der Waals surface area (Å²) in [5, 5.41) is 52.3. The van der Waals surface area contributed by atoms with E-state index in [1.54, 1.807) is 18.2 Å². The molecule has 10 heteroatoms. The number of carbonyl (C=O) groups is 1. The SMILES string of the molecule is Nc1ccc(CCNCC(O)c2ccccc2)cc1O[C@@H]1O[C@H](C(=O)O)[C@@H](O)[C@H](O)[C@H]1O. The summed E-state index contributed by atoms with van der Waals surface area (Å²) in [5.41, 5.74) is 7.81. The van der Waals surface area contributed by atoms with Crippen molar-refractivity contribution in [3.8, 4) is 5.75 Å². The molecule has 0 aliphatic carbocycles. The number of nitrogen functional groups attached to an aromatic ring is 1. The molecule has 0 spiro atoms. The summed E-state index contributed by atoms with van der Waals surface area (Å²) >= 11 is 0. The summed E-state index contributed by atoms with van der Waals surface area (Å²) < 4.78 is 10.7. The summed E-state index contributed by atoms with van der Waals surface area (Å²) in [6.07, 6.45) is -8.59. The Balaban J connectivity index is 1.57. The van der Waals surface area contributed by atoms with Crippen molar-refractivity contribution in [1.29, 1.82) is 0 Å². The number of nitrogens with two attached hydrogens (primary N) is 1. The van der Waals surface area contributed by atoms with Crippen molar-refractivity contribution in [3.63, 3.8) is 0 Å². The molecule has 8 N–H and O–H groups in total. The van der Waals surface area contributed by atoms with Crippen LogP contribution in [-0.2, 0) is 16.0 Å². The number of aliphatic hydroxyl groups excluding tert-OH is 4. The van der Waals surface area contributed by atoms with Crippen LogP contribution in [0.2, 0.25) is 0 Å². The third kappa shape index (κ3) is 5.74. The average Bonchev–Trinajstić information content (AvgIpc) is 2.79. The van der Waals surface area contributed by atoms with Crippen molar-refractivity contribution in [2.45, 2.75) is 43.2 Å². The summed E-state index contributed by atoms with van der Waals surface area (Å²) in [6, 6.07) is 14.3. The molecule has 0 bridgehead atoms. The number of anilines is 1. The smallest absolute Gasteiger partial charge is 0.335 e. The predicted molar refractivity (Wildman–Crippen MR) is 114 cm³/mol. The Labute approximate surface area is 184 Å². The third-order valence-corrected chi connectivity index (χ3v) is 5.25. The Morgan fingerprint density at radius 3 is 2.50 bits per heavy atom. The lowest BCUT2D eigenvalue weighted by atomic mass is 9.99. The molecule has 0 saturated carbocycles. The maximum Gasteiger partial charge on any atom is 0.335 e. The van der Waals surface area contributed by atoms with Crippen molar-refractivity contribution < 1.29 is 39.8 Å². The highest BCUT2D eigenvalue weighted by Crippen LogP contribution is 2.29. The minimum absolute atomic E-state index is 0.142. The van der Waals surface area contributed by atoms with Crippen LogP contribution in [0.4, 0.5) is 5.69 Å². The number of carboxylic acids is 1. The molecule has 3 rings (SSSR count). The Kier molecular flexibility index (Phi) is 8.02. The zero-order valence-corrected chi connectivity index (χ0v) is 17.2. The molecule has 174 valence electrons. The first-order valence-corrected chi connectivity index (χ1v) is 10.2. The van der Waals surface area contributed by atoms with E-state index in [9.17, 15) is 25.2 Å². The van der Waals surface area contributed by atoms with Crippen molar-refractivity contribution in [2.75, 3.05) is 18.8 Å². The van der Waals surface area contributed by atoms with Gasteiger partial charge in [-0.1, -0.05) is 36.4 Å². The van der Waals surface area contributed by atoms with Crippen LogP contribution in [0, 0.1) is 0 Å². The molecule has 2 aromatic carbocycles. The quantitative estimate of drug-likeness (QED) is 0.194. The average molecular weight is 448 g/mol. The van der Waals surface area contributed by atoms with Gasteiger partial charge in [-0.05, 0) is 36.2 Å². The highest BCUT2D eigenvalue weighted by atomic mass is 16.7. The van der Waals surface area contributed by atoms with Crippen molar-refractivity contribution >= 4 is 11.7 Å². The van der Waals surface area contributed by atoms with Crippen molar-refractivity contribution in [1.82, 2.24) is 5.32 Å². The Morgan fingerprint density at radius 1 is 1.09 bits per heavy atom. The highest BCUT2D eigenvalue weighted by molar-refractivity contribution is 5.73. The molecule has 1 unspecified atom stereocenters. The summed E-state index contributed by atoms with van der Waals surface area (Å²) in [4.78, 5) is 11.2. The van der Waals surface area contributed by atoms with Gasteiger partial charge >= 0.3 is 5.97 Å². The van der Waals surface area contributed by atoms with Crippen LogP contribution in [-0.4, -0.2) is 75.3 Å². The fraction of sp³-hybridized carbons (Fsp3) is 0.409. The fourth-order valence-corrected chi connectivity index (χ4v) is 3.38. The van der Waals surface area contributed by atoms with Crippen LogP contribution in [0.1, 0.15) is 17.2 Å². The Bertz CT molecular complexity index is 897. The minimum atomic E-state index is -1.80. The largest absolute Gasteiger partial charge is 0.479 e. The van der Waals surface area contributed by atoms with Crippen LogP contribution in [0.5, 0.6) is 5.75 Å². The van der Waals surface area contributed by atoms with Crippen LogP contribution in [0.3, 0.4) is 0 Å². The molecule has 1 saturated heterocycles. The van der Waals surface area contributed by atoms with E-state index >= 15 is 0 Å². The van der Waals surface area contributed by atoms with Crippen LogP contribution >= 0.6 is 0 Å². The van der Waals surface area contributed by atoms with Crippen molar-refractivity contribution in [2.24, 2.45) is 0 Å². The third-order valence-electron chi connectivity index (χ3n) is 5.25. The van der Waals surface area contributed by atoms with Crippen LogP contribution in [0.25, 0.3) is 0 Å². The fourth-order valence-electron chi connectivity index (χ4n) is 3.38. The second-order valence-electron chi connectivity index (χ2n) is 7.61. The molecule has 1 fully saturated rings. The van der Waals surface area contributed by atoms with Crippen LogP contribution < -0.4 is 15.8 Å². The van der Waals surface area contributed by atoms with Gasteiger partial charge in [0.25, 0.3) is 0 Å². The lowest BCUT2D eigenvalue weighted by molar-refractivity contribution is -0.271. The molecule has 6 atom stereocenters. The van der Waals surface area contributed by atoms with Crippen molar-refractivity contribution in [3.05, 3.63) is 59.7 Å². The lowest BCUT2D eigenvalue weighted by Gasteiger charge is -2.38. The topological polar surface area (TPSA) is 175 Å². The molecule has 0 radical (unpaired) electrons. The van der Waals surface area contributed by atoms with E-state index in [0.29, 0.717) is 19.5 Å². The lowest BCUT2D eigenvalue weighted by Crippen LogP contribution is -2.61. The van der Waals surface area contributed by atoms with E-state index < -0.39 is 42.8 Å². The molecule has 0 aromatic heterocycles. The summed E-state index contributed by atoms with van der Waals surface area (Å²) in [5.74, 6) is -1.36. The standard InChI is InChI=1S/C22H28N2O8/c23-14-7-6-12(8-9-24-11-15(25)13-4-2-1-3-5-13)10-16(14)31-22-19(28)17(26)18(27)20(32-22)21(29)30/h1-7,10,15,17-20,22,24-28H,8-9,11,23H2,(H,29,30)/t15?,17-,18-,19+,20-,22+/m0/s1. The van der Waals surface area contributed by atoms with E-state index in [-0.39, 0.29) is 11.4 Å². The molecule has 1 aliphatic heterocycles. The van der Waals surface area contributed by atoms with Gasteiger partial charge in [-0.25, -0.2) is 4.79 Å². The van der Waals surface area contributed by atoms with Gasteiger partial charge in [0.05, 0.1) is 11.8 Å². The van der Waals surface area contributed by atoms with E-state index in [1.807, 2.05) is 30.3 Å². The molecule has 10 nitrogen and oxygen atoms in total. The van der Waals surface area contributed by atoms with E-state index in [1.165, 1.54) is 0 Å². The number of aliphatic hydroxyl groups is 4. The van der Waals surface area contributed by atoms with E-state index in [2.05, 4.69) is 5.32 Å². The normalized spacial score (nSPS) is 26.4. The summed E-state index contributed by atoms with van der Waals surface area (Å²) in [6.45, 7) is 0.934. The molecular formula is C22H28N2O8. The zero-order chi connectivity index (χ0) is 23.3. The van der Waals surface area contributed by atoms with Crippen LogP contribution in [0.15, 0.2) is 48.5 Å². The zero-order valence-electron chi connectivity index (χ0n) is 17.2. The molecule has 1 heterocycles. The second kappa shape index (κ2) is 10.7. The first kappa shape index (κ1) is 23.9. The number of hydrogen-bond donors (Lipinski definition) is 7. The van der Waals surface area contributed by atoms with Gasteiger partial charge in [-0.15, -0.1) is 0 Å². The second-order valence-corrected chi connectivity index (χ2v) is 7.61. The molecule has 0 amide bonds. The highest BCUT2D eigenvalue weighted by Gasteiger charge is 2.48. The minimum Gasteiger partial charge on any atom is -0.479 e. The first-order valence-electron chi connectivity index (χ1n) is 10.2. The number of rotatable bonds is 9. The number of nitrogens with one attached hydrogen (secondary N) is 1. The van der Waals surface area contributed by atoms with Gasteiger partial charge in [0.2, 0.25) is 6.29 Å². The number of ether oxygens (including phenoxy) is 2. The number of aliphatic carboxylic acids is 1. The summed E-state index contributed by atoms with van der Waals surface area (Å²) in [7, 11) is 0. The maximum absolute atomic E-state index is 11.2. The van der Waals surface area contributed by atoms with E-state index in [4.69, 9.17) is 20.3 Å². The maximum atomic E-state index is 11.2. The number of benzene rings is 2. The molecule has 32 heavy (non-hydrogen) atoms. The van der Waals surface area contributed by atoms with Gasteiger partial charge in [0.1, 0.15) is 24.1 Å². The predicted octanol–water partition coefficient (Wildman–Crippen LogP) is -0.594. The number of carboxylic acid groups (broad SMARTS) is 1.